The minimum Gasteiger partial charge on any atom is -0.462 e. The van der Waals surface area contributed by atoms with Crippen molar-refractivity contribution < 1.29 is 9.53 Å². The van der Waals surface area contributed by atoms with Gasteiger partial charge < -0.3 is 4.74 Å². The van der Waals surface area contributed by atoms with Crippen molar-refractivity contribution in [3.63, 3.8) is 0 Å². The molecule has 4 nitrogen and oxygen atoms in total. The quantitative estimate of drug-likeness (QED) is 0.279. The summed E-state index contributed by atoms with van der Waals surface area (Å²) in [5.74, 6) is -0.735. The molecule has 0 N–H and O–H groups in total. The number of carbonyl (C=O) groups is 1. The highest BCUT2D eigenvalue weighted by Gasteiger charge is 2.09. The Balaban J connectivity index is 4.65. The van der Waals surface area contributed by atoms with Gasteiger partial charge in [-0.1, -0.05) is 6.58 Å². The minimum atomic E-state index is -0.735. The average Bonchev–Trinajstić information content (AvgIpc) is 2.14. The van der Waals surface area contributed by atoms with Crippen LogP contribution in [0.3, 0.4) is 0 Å². The third-order valence-corrected chi connectivity index (χ3v) is 1.08. The molecule has 0 rings (SSSR count). The Morgan fingerprint density at radius 1 is 1.54 bits per heavy atom. The van der Waals surface area contributed by atoms with Crippen LogP contribution in [0.4, 0.5) is 0 Å². The van der Waals surface area contributed by atoms with E-state index < -0.39 is 5.97 Å². The van der Waals surface area contributed by atoms with Crippen molar-refractivity contribution in [2.75, 3.05) is 6.61 Å². The molecule has 0 aromatic heterocycles. The van der Waals surface area contributed by atoms with Crippen molar-refractivity contribution in [2.45, 2.75) is 6.92 Å². The average molecular weight is 176 g/mol. The number of esters is 1. The van der Waals surface area contributed by atoms with Gasteiger partial charge in [0, 0.05) is 5.57 Å². The van der Waals surface area contributed by atoms with E-state index in [4.69, 9.17) is 10.5 Å². The summed E-state index contributed by atoms with van der Waals surface area (Å²) in [5.41, 5.74) is -0.169. The molecule has 0 aromatic rings. The predicted molar refractivity (Wildman–Crippen MR) is 45.1 cm³/mol. The van der Waals surface area contributed by atoms with Gasteiger partial charge in [0.05, 0.1) is 12.7 Å². The van der Waals surface area contributed by atoms with Crippen molar-refractivity contribution in [1.82, 2.24) is 0 Å². The van der Waals surface area contributed by atoms with Crippen LogP contribution in [0.5, 0.6) is 0 Å². The highest BCUT2D eigenvalue weighted by Crippen LogP contribution is 2.01. The number of hydrogen-bond acceptors (Lipinski definition) is 4. The maximum atomic E-state index is 11.0. The largest absolute Gasteiger partial charge is 0.462 e. The number of nitrogens with zero attached hydrogens (tertiary/aromatic N) is 2. The molecule has 66 valence electrons. The molecule has 0 aromatic carbocycles. The van der Waals surface area contributed by atoms with Crippen LogP contribution in [0.25, 0.3) is 0 Å². The lowest BCUT2D eigenvalue weighted by molar-refractivity contribution is -0.138. The van der Waals surface area contributed by atoms with E-state index in [-0.39, 0.29) is 17.8 Å². The lowest BCUT2D eigenvalue weighted by Gasteiger charge is -1.97. The first-order valence-electron chi connectivity index (χ1n) is 3.53. The second-order valence-electron chi connectivity index (χ2n) is 2.03. The zero-order valence-corrected chi connectivity index (χ0v) is 7.20. The molecule has 0 radical (unpaired) electrons. The molecule has 0 saturated heterocycles. The van der Waals surface area contributed by atoms with E-state index in [1.165, 1.54) is 0 Å². The van der Waals surface area contributed by atoms with Gasteiger partial charge in [-0.2, -0.15) is 10.5 Å². The van der Waals surface area contributed by atoms with Gasteiger partial charge in [0.1, 0.15) is 11.6 Å². The molecule has 0 aliphatic rings. The van der Waals surface area contributed by atoms with Crippen LogP contribution in [0.2, 0.25) is 0 Å². The van der Waals surface area contributed by atoms with Crippen LogP contribution in [0.15, 0.2) is 23.8 Å². The third kappa shape index (κ3) is 3.74. The molecular weight excluding hydrogens is 168 g/mol. The fourth-order valence-corrected chi connectivity index (χ4v) is 0.552. The van der Waals surface area contributed by atoms with E-state index in [0.717, 1.165) is 6.08 Å². The third-order valence-electron chi connectivity index (χ3n) is 1.08. The number of rotatable bonds is 3. The van der Waals surface area contributed by atoms with E-state index >= 15 is 0 Å². The van der Waals surface area contributed by atoms with Crippen molar-refractivity contribution in [2.24, 2.45) is 0 Å². The van der Waals surface area contributed by atoms with E-state index in [0.29, 0.717) is 0 Å². The van der Waals surface area contributed by atoms with E-state index in [2.05, 4.69) is 11.3 Å². The van der Waals surface area contributed by atoms with Gasteiger partial charge in [-0.25, -0.2) is 4.79 Å². The van der Waals surface area contributed by atoms with Crippen LogP contribution >= 0.6 is 0 Å². The highest BCUT2D eigenvalue weighted by molar-refractivity contribution is 5.93. The Labute approximate surface area is 76.3 Å². The van der Waals surface area contributed by atoms with Crippen LogP contribution in [0.1, 0.15) is 6.92 Å². The number of carbonyl (C=O) groups excluding carboxylic acids is 1. The lowest BCUT2D eigenvalue weighted by Crippen LogP contribution is -2.06. The van der Waals surface area contributed by atoms with Crippen LogP contribution < -0.4 is 0 Å². The number of hydrogen-bond donors (Lipinski definition) is 0. The second kappa shape index (κ2) is 5.56. The zero-order chi connectivity index (χ0) is 10.3. The second-order valence-corrected chi connectivity index (χ2v) is 2.03. The molecule has 13 heavy (non-hydrogen) atoms. The van der Waals surface area contributed by atoms with Crippen molar-refractivity contribution in [3.05, 3.63) is 23.8 Å². The lowest BCUT2D eigenvalue weighted by atomic mass is 10.2. The molecule has 0 aliphatic carbocycles. The fraction of sp³-hybridized carbons (Fsp3) is 0.222. The van der Waals surface area contributed by atoms with Crippen molar-refractivity contribution >= 4 is 5.97 Å². The number of ether oxygens (including phenoxy) is 1. The molecule has 0 fully saturated rings. The number of allylic oxidation sites excluding steroid dienone is 2. The monoisotopic (exact) mass is 176 g/mol. The van der Waals surface area contributed by atoms with E-state index in [1.807, 2.05) is 0 Å². The van der Waals surface area contributed by atoms with Crippen molar-refractivity contribution in [1.29, 1.82) is 10.5 Å². The Hall–Kier alpha value is -2.07. The van der Waals surface area contributed by atoms with Gasteiger partial charge >= 0.3 is 5.97 Å². The normalized spacial score (nSPS) is 9.62. The Bertz CT molecular complexity index is 329. The molecular formula is C9H8N2O2. The maximum absolute atomic E-state index is 11.0. The smallest absolute Gasteiger partial charge is 0.348 e. The van der Waals surface area contributed by atoms with E-state index in [9.17, 15) is 4.79 Å². The predicted octanol–water partition coefficient (Wildman–Crippen LogP) is 1.08. The van der Waals surface area contributed by atoms with Gasteiger partial charge in [-0.3, -0.25) is 0 Å². The van der Waals surface area contributed by atoms with Gasteiger partial charge in [-0.15, -0.1) is 0 Å². The standard InChI is InChI=1S/C9H8N2O2/c1-3-13-9(12)8(6-11)4-7(2)5-10/h4H,2-3H2,1H3/b8-4+. The topological polar surface area (TPSA) is 73.9 Å². The first kappa shape index (κ1) is 10.9. The van der Waals surface area contributed by atoms with Gasteiger partial charge in [0.25, 0.3) is 0 Å². The molecule has 0 saturated carbocycles. The van der Waals surface area contributed by atoms with Crippen LogP contribution in [-0.2, 0) is 9.53 Å². The summed E-state index contributed by atoms with van der Waals surface area (Å²) < 4.78 is 4.56. The Morgan fingerprint density at radius 3 is 2.54 bits per heavy atom. The minimum absolute atomic E-state index is 0.0459. The highest BCUT2D eigenvalue weighted by atomic mass is 16.5. The van der Waals surface area contributed by atoms with Gasteiger partial charge in [0.15, 0.2) is 0 Å². The van der Waals surface area contributed by atoms with Gasteiger partial charge in [-0.05, 0) is 13.0 Å². The Kier molecular flexibility index (Phi) is 4.68. The first-order valence-corrected chi connectivity index (χ1v) is 3.53. The molecule has 4 heteroatoms. The van der Waals surface area contributed by atoms with Crippen LogP contribution in [-0.4, -0.2) is 12.6 Å². The fourth-order valence-electron chi connectivity index (χ4n) is 0.552. The molecule has 0 bridgehead atoms. The molecule has 0 atom stereocenters. The summed E-state index contributed by atoms with van der Waals surface area (Å²) in [4.78, 5) is 11.0. The van der Waals surface area contributed by atoms with Crippen LogP contribution in [0, 0.1) is 22.7 Å². The molecule has 0 aliphatic heterocycles. The van der Waals surface area contributed by atoms with Crippen molar-refractivity contribution in [3.8, 4) is 12.1 Å². The summed E-state index contributed by atoms with van der Waals surface area (Å²) >= 11 is 0. The zero-order valence-electron chi connectivity index (χ0n) is 7.20. The summed E-state index contributed by atoms with van der Waals surface area (Å²) in [6, 6.07) is 3.32. The summed E-state index contributed by atoms with van der Waals surface area (Å²) in [6.45, 7) is 5.13. The molecule has 0 heterocycles. The molecule has 0 spiro atoms. The van der Waals surface area contributed by atoms with E-state index in [1.54, 1.807) is 19.1 Å². The molecule has 0 unspecified atom stereocenters. The van der Waals surface area contributed by atoms with Gasteiger partial charge in [0.2, 0.25) is 0 Å². The Morgan fingerprint density at radius 2 is 2.15 bits per heavy atom. The molecule has 0 amide bonds. The first-order chi connectivity index (χ1) is 6.15. The summed E-state index contributed by atoms with van der Waals surface area (Å²) in [7, 11) is 0. The number of nitriles is 2. The summed E-state index contributed by atoms with van der Waals surface area (Å²) in [6.07, 6.45) is 1.10. The SMILES string of the molecule is C=C(C#N)/C=C(\C#N)C(=O)OCC. The maximum Gasteiger partial charge on any atom is 0.348 e. The summed E-state index contributed by atoms with van der Waals surface area (Å²) in [5, 5.41) is 16.8.